The first-order valence-electron chi connectivity index (χ1n) is 5.76. The first-order chi connectivity index (χ1) is 8.99. The van der Waals surface area contributed by atoms with Gasteiger partial charge in [-0.15, -0.1) is 0 Å². The molecule has 19 heavy (non-hydrogen) atoms. The lowest BCUT2D eigenvalue weighted by molar-refractivity contribution is 0.141. The third kappa shape index (κ3) is 2.63. The molecular formula is C13H16ClN3O2. The van der Waals surface area contributed by atoms with E-state index in [9.17, 15) is 0 Å². The van der Waals surface area contributed by atoms with Gasteiger partial charge >= 0.3 is 0 Å². The molecule has 5 nitrogen and oxygen atoms in total. The highest BCUT2D eigenvalue weighted by molar-refractivity contribution is 6.30. The zero-order valence-electron chi connectivity index (χ0n) is 11.1. The predicted octanol–water partition coefficient (Wildman–Crippen LogP) is 2.11. The van der Waals surface area contributed by atoms with Gasteiger partial charge in [0.1, 0.15) is 5.15 Å². The summed E-state index contributed by atoms with van der Waals surface area (Å²) in [4.78, 5) is 8.32. The van der Waals surface area contributed by atoms with E-state index in [0.717, 1.165) is 16.3 Å². The number of rotatable bonds is 4. The van der Waals surface area contributed by atoms with Crippen LogP contribution >= 0.6 is 11.6 Å². The standard InChI is InChI=1S/C13H16ClN3O2/c1-13(15,7-18-2)10-6-17-12(19-3)9-5-16-11(14)4-8(9)10/h4-6H,7,15H2,1-3H3/t13-/m1/s1. The van der Waals surface area contributed by atoms with Crippen molar-refractivity contribution in [3.05, 3.63) is 29.2 Å². The van der Waals surface area contributed by atoms with Crippen LogP contribution in [0.4, 0.5) is 0 Å². The Morgan fingerprint density at radius 3 is 2.63 bits per heavy atom. The molecule has 2 aromatic rings. The van der Waals surface area contributed by atoms with Gasteiger partial charge in [0.15, 0.2) is 0 Å². The van der Waals surface area contributed by atoms with Gasteiger partial charge in [-0.05, 0) is 18.4 Å². The Kier molecular flexibility index (Phi) is 3.89. The molecule has 6 heteroatoms. The fourth-order valence-corrected chi connectivity index (χ4v) is 2.24. The summed E-state index contributed by atoms with van der Waals surface area (Å²) in [6, 6.07) is 1.76. The number of nitrogens with zero attached hydrogens (tertiary/aromatic N) is 2. The Labute approximate surface area is 116 Å². The van der Waals surface area contributed by atoms with Gasteiger partial charge in [0.25, 0.3) is 0 Å². The second-order valence-corrected chi connectivity index (χ2v) is 4.97. The SMILES string of the molecule is COC[C@@](C)(N)c1cnc(OC)c2cnc(Cl)cc12. The number of aromatic nitrogens is 2. The maximum Gasteiger partial charge on any atom is 0.222 e. The number of hydrogen-bond donors (Lipinski definition) is 1. The van der Waals surface area contributed by atoms with Crippen LogP contribution in [0.2, 0.25) is 5.15 Å². The van der Waals surface area contributed by atoms with E-state index in [1.54, 1.807) is 32.7 Å². The molecule has 2 aromatic heterocycles. The van der Waals surface area contributed by atoms with Gasteiger partial charge in [-0.1, -0.05) is 11.6 Å². The minimum atomic E-state index is -0.670. The molecule has 0 aliphatic rings. The maximum absolute atomic E-state index is 6.29. The average molecular weight is 282 g/mol. The molecule has 0 aliphatic carbocycles. The Morgan fingerprint density at radius 2 is 2.00 bits per heavy atom. The third-order valence-corrected chi connectivity index (χ3v) is 3.16. The monoisotopic (exact) mass is 281 g/mol. The van der Waals surface area contributed by atoms with Crippen molar-refractivity contribution in [3.63, 3.8) is 0 Å². The van der Waals surface area contributed by atoms with Gasteiger partial charge in [0.05, 0.1) is 24.6 Å². The van der Waals surface area contributed by atoms with E-state index in [1.807, 2.05) is 6.92 Å². The summed E-state index contributed by atoms with van der Waals surface area (Å²) < 4.78 is 10.4. The highest BCUT2D eigenvalue weighted by atomic mass is 35.5. The van der Waals surface area contributed by atoms with E-state index in [0.29, 0.717) is 17.6 Å². The van der Waals surface area contributed by atoms with Crippen molar-refractivity contribution in [3.8, 4) is 5.88 Å². The number of ether oxygens (including phenoxy) is 2. The van der Waals surface area contributed by atoms with Crippen LogP contribution in [0.3, 0.4) is 0 Å². The van der Waals surface area contributed by atoms with Gasteiger partial charge in [0, 0.05) is 25.1 Å². The first kappa shape index (κ1) is 14.0. The van der Waals surface area contributed by atoms with E-state index in [-0.39, 0.29) is 0 Å². The first-order valence-corrected chi connectivity index (χ1v) is 6.14. The van der Waals surface area contributed by atoms with Crippen molar-refractivity contribution < 1.29 is 9.47 Å². The van der Waals surface area contributed by atoms with Crippen LogP contribution < -0.4 is 10.5 Å². The molecule has 2 heterocycles. The summed E-state index contributed by atoms with van der Waals surface area (Å²) in [5.74, 6) is 0.496. The van der Waals surface area contributed by atoms with Crippen LogP contribution in [0.15, 0.2) is 18.5 Å². The highest BCUT2D eigenvalue weighted by Crippen LogP contribution is 2.32. The number of fused-ring (bicyclic) bond motifs is 1. The summed E-state index contributed by atoms with van der Waals surface area (Å²) in [6.07, 6.45) is 3.33. The molecule has 0 aromatic carbocycles. The fourth-order valence-electron chi connectivity index (χ4n) is 2.08. The van der Waals surface area contributed by atoms with E-state index < -0.39 is 5.54 Å². The van der Waals surface area contributed by atoms with Gasteiger partial charge < -0.3 is 15.2 Å². The molecule has 2 N–H and O–H groups in total. The normalized spacial score (nSPS) is 14.4. The lowest BCUT2D eigenvalue weighted by atomic mass is 9.92. The molecule has 0 spiro atoms. The third-order valence-electron chi connectivity index (χ3n) is 2.95. The van der Waals surface area contributed by atoms with E-state index in [4.69, 9.17) is 26.8 Å². The Bertz CT molecular complexity index is 602. The van der Waals surface area contributed by atoms with E-state index in [2.05, 4.69) is 9.97 Å². The number of pyridine rings is 2. The lowest BCUT2D eigenvalue weighted by Gasteiger charge is -2.25. The second-order valence-electron chi connectivity index (χ2n) is 4.58. The molecular weight excluding hydrogens is 266 g/mol. The largest absolute Gasteiger partial charge is 0.481 e. The molecule has 0 fully saturated rings. The number of nitrogens with two attached hydrogens (primary N) is 1. The molecule has 0 saturated carbocycles. The molecule has 1 atom stereocenters. The summed E-state index contributed by atoms with van der Waals surface area (Å²) >= 11 is 5.97. The molecule has 102 valence electrons. The number of hydrogen-bond acceptors (Lipinski definition) is 5. The molecule has 2 rings (SSSR count). The van der Waals surface area contributed by atoms with Crippen LogP contribution in [0, 0.1) is 0 Å². The Balaban J connectivity index is 2.72. The minimum absolute atomic E-state index is 0.371. The smallest absolute Gasteiger partial charge is 0.222 e. The van der Waals surface area contributed by atoms with Crippen molar-refractivity contribution in [2.24, 2.45) is 5.73 Å². The molecule has 0 bridgehead atoms. The van der Waals surface area contributed by atoms with Crippen LogP contribution in [0.25, 0.3) is 10.8 Å². The summed E-state index contributed by atoms with van der Waals surface area (Å²) in [7, 11) is 3.17. The van der Waals surface area contributed by atoms with Crippen molar-refractivity contribution in [1.82, 2.24) is 9.97 Å². The van der Waals surface area contributed by atoms with Crippen molar-refractivity contribution in [1.29, 1.82) is 0 Å². The van der Waals surface area contributed by atoms with Crippen molar-refractivity contribution in [2.75, 3.05) is 20.8 Å². The number of halogens is 1. The maximum atomic E-state index is 6.29. The Morgan fingerprint density at radius 1 is 1.26 bits per heavy atom. The van der Waals surface area contributed by atoms with Gasteiger partial charge in [-0.25, -0.2) is 9.97 Å². The van der Waals surface area contributed by atoms with Gasteiger partial charge in [0.2, 0.25) is 5.88 Å². The Hall–Kier alpha value is -1.43. The van der Waals surface area contributed by atoms with Gasteiger partial charge in [-0.3, -0.25) is 0 Å². The van der Waals surface area contributed by atoms with Crippen LogP contribution in [-0.2, 0) is 10.3 Å². The van der Waals surface area contributed by atoms with Crippen LogP contribution in [0.5, 0.6) is 5.88 Å². The quantitative estimate of drug-likeness (QED) is 0.869. The molecule has 0 radical (unpaired) electrons. The topological polar surface area (TPSA) is 70.3 Å². The zero-order chi connectivity index (χ0) is 14.0. The van der Waals surface area contributed by atoms with Gasteiger partial charge in [-0.2, -0.15) is 0 Å². The second kappa shape index (κ2) is 5.28. The minimum Gasteiger partial charge on any atom is -0.481 e. The predicted molar refractivity (Wildman–Crippen MR) is 74.5 cm³/mol. The van der Waals surface area contributed by atoms with Crippen molar-refractivity contribution in [2.45, 2.75) is 12.5 Å². The zero-order valence-corrected chi connectivity index (χ0v) is 11.9. The summed E-state index contributed by atoms with van der Waals surface area (Å²) in [6.45, 7) is 2.25. The molecule has 0 aliphatic heterocycles. The number of methoxy groups -OCH3 is 2. The summed E-state index contributed by atoms with van der Waals surface area (Å²) in [5, 5.41) is 2.04. The average Bonchev–Trinajstić information content (AvgIpc) is 2.36. The summed E-state index contributed by atoms with van der Waals surface area (Å²) in [5.41, 5.74) is 6.46. The van der Waals surface area contributed by atoms with E-state index >= 15 is 0 Å². The van der Waals surface area contributed by atoms with E-state index in [1.165, 1.54) is 0 Å². The molecule has 0 unspecified atom stereocenters. The molecule has 0 saturated heterocycles. The van der Waals surface area contributed by atoms with Crippen molar-refractivity contribution >= 4 is 22.4 Å². The molecule has 0 amide bonds. The fraction of sp³-hybridized carbons (Fsp3) is 0.385. The highest BCUT2D eigenvalue weighted by Gasteiger charge is 2.25. The lowest BCUT2D eigenvalue weighted by Crippen LogP contribution is -2.38. The van der Waals surface area contributed by atoms with Crippen LogP contribution in [0.1, 0.15) is 12.5 Å². The van der Waals surface area contributed by atoms with Crippen LogP contribution in [-0.4, -0.2) is 30.8 Å².